The molecule has 0 aliphatic heterocycles. The van der Waals surface area contributed by atoms with Crippen LogP contribution in [0.2, 0.25) is 0 Å². The van der Waals surface area contributed by atoms with E-state index in [1.54, 1.807) is 0 Å². The summed E-state index contributed by atoms with van der Waals surface area (Å²) in [5.74, 6) is 0.868. The average molecular weight is 338 g/mol. The molecule has 1 N–H and O–H groups in total. The van der Waals surface area contributed by atoms with E-state index in [-0.39, 0.29) is 0 Å². The van der Waals surface area contributed by atoms with Crippen LogP contribution >= 0.6 is 15.9 Å². The van der Waals surface area contributed by atoms with Crippen LogP contribution in [0, 0.1) is 6.92 Å². The van der Waals surface area contributed by atoms with Gasteiger partial charge in [0.25, 0.3) is 0 Å². The van der Waals surface area contributed by atoms with Gasteiger partial charge < -0.3 is 10.1 Å². The van der Waals surface area contributed by atoms with E-state index in [0.29, 0.717) is 0 Å². The Morgan fingerprint density at radius 2 is 2.25 bits per heavy atom. The summed E-state index contributed by atoms with van der Waals surface area (Å²) in [6.45, 7) is 6.51. The van der Waals surface area contributed by atoms with Gasteiger partial charge in [0, 0.05) is 36.6 Å². The number of aromatic nitrogens is 2. The highest BCUT2D eigenvalue weighted by atomic mass is 79.9. The predicted octanol–water partition coefficient (Wildman–Crippen LogP) is 3.78. The lowest BCUT2D eigenvalue weighted by molar-refractivity contribution is 0.147. The average Bonchev–Trinajstić information content (AvgIpc) is 2.87. The molecule has 5 heteroatoms. The zero-order valence-electron chi connectivity index (χ0n) is 11.9. The molecule has 0 aliphatic carbocycles. The van der Waals surface area contributed by atoms with E-state index in [4.69, 9.17) is 4.74 Å². The van der Waals surface area contributed by atoms with Crippen molar-refractivity contribution in [2.45, 2.75) is 20.3 Å². The minimum Gasteiger partial charge on any atom is -0.382 e. The third-order valence-corrected chi connectivity index (χ3v) is 3.51. The fraction of sp³-hybridized carbons (Fsp3) is 0.400. The maximum atomic E-state index is 5.33. The Kier molecular flexibility index (Phi) is 5.61. The zero-order valence-corrected chi connectivity index (χ0v) is 13.5. The number of rotatable bonds is 7. The molecule has 0 unspecified atom stereocenters. The van der Waals surface area contributed by atoms with Crippen molar-refractivity contribution in [3.05, 3.63) is 40.6 Å². The van der Waals surface area contributed by atoms with E-state index < -0.39 is 0 Å². The second-order valence-corrected chi connectivity index (χ2v) is 5.44. The Morgan fingerprint density at radius 1 is 1.40 bits per heavy atom. The van der Waals surface area contributed by atoms with Crippen LogP contribution < -0.4 is 5.32 Å². The number of ether oxygens (including phenoxy) is 1. The highest BCUT2D eigenvalue weighted by Crippen LogP contribution is 2.22. The molecule has 20 heavy (non-hydrogen) atoms. The highest BCUT2D eigenvalue weighted by Gasteiger charge is 2.07. The molecule has 0 fully saturated rings. The number of aryl methyl sites for hydroxylation is 1. The van der Waals surface area contributed by atoms with Crippen LogP contribution in [-0.2, 0) is 4.74 Å². The van der Waals surface area contributed by atoms with Gasteiger partial charge >= 0.3 is 0 Å². The van der Waals surface area contributed by atoms with Crippen molar-refractivity contribution in [2.75, 3.05) is 25.1 Å². The first-order valence-corrected chi connectivity index (χ1v) is 7.63. The lowest BCUT2D eigenvalue weighted by Gasteiger charge is -2.12. The Labute approximate surface area is 128 Å². The van der Waals surface area contributed by atoms with Crippen molar-refractivity contribution in [1.82, 2.24) is 9.55 Å². The van der Waals surface area contributed by atoms with E-state index in [9.17, 15) is 0 Å². The second kappa shape index (κ2) is 7.45. The highest BCUT2D eigenvalue weighted by molar-refractivity contribution is 9.10. The van der Waals surface area contributed by atoms with Gasteiger partial charge in [-0.2, -0.15) is 0 Å². The first-order chi connectivity index (χ1) is 9.72. The number of anilines is 1. The van der Waals surface area contributed by atoms with Crippen LogP contribution in [0.1, 0.15) is 18.9 Å². The summed E-state index contributed by atoms with van der Waals surface area (Å²) >= 11 is 3.49. The molecule has 0 amide bonds. The predicted molar refractivity (Wildman–Crippen MR) is 85.6 cm³/mol. The quantitative estimate of drug-likeness (QED) is 0.781. The minimum atomic E-state index is 0.771. The summed E-state index contributed by atoms with van der Waals surface area (Å²) in [5.41, 5.74) is 2.34. The normalized spacial score (nSPS) is 10.8. The molecule has 1 aromatic heterocycles. The molecule has 2 aromatic rings. The van der Waals surface area contributed by atoms with Gasteiger partial charge in [-0.05, 0) is 44.0 Å². The van der Waals surface area contributed by atoms with E-state index in [0.717, 1.165) is 42.3 Å². The van der Waals surface area contributed by atoms with E-state index in [1.165, 1.54) is 5.56 Å². The van der Waals surface area contributed by atoms with Crippen LogP contribution in [-0.4, -0.2) is 29.3 Å². The van der Waals surface area contributed by atoms with Crippen molar-refractivity contribution in [2.24, 2.45) is 0 Å². The molecule has 0 bridgehead atoms. The minimum absolute atomic E-state index is 0.771. The number of hydrogen-bond acceptors (Lipinski definition) is 3. The first kappa shape index (κ1) is 15.1. The molecular formula is C15H20BrN3O. The number of halogens is 1. The maximum absolute atomic E-state index is 5.33. The van der Waals surface area contributed by atoms with Crippen molar-refractivity contribution in [1.29, 1.82) is 0 Å². The molecule has 0 atom stereocenters. The summed E-state index contributed by atoms with van der Waals surface area (Å²) in [7, 11) is 0. The molecule has 1 aromatic carbocycles. The molecule has 0 saturated heterocycles. The summed E-state index contributed by atoms with van der Waals surface area (Å²) in [6, 6.07) is 6.24. The first-order valence-electron chi connectivity index (χ1n) is 6.84. The second-order valence-electron chi connectivity index (χ2n) is 4.53. The molecule has 0 saturated carbocycles. The molecule has 4 nitrogen and oxygen atoms in total. The largest absolute Gasteiger partial charge is 0.382 e. The molecule has 0 spiro atoms. The molecule has 108 valence electrons. The van der Waals surface area contributed by atoms with E-state index >= 15 is 0 Å². The summed E-state index contributed by atoms with van der Waals surface area (Å²) in [5, 5.41) is 3.35. The summed E-state index contributed by atoms with van der Waals surface area (Å²) in [4.78, 5) is 4.37. The number of nitrogens with zero attached hydrogens (tertiary/aromatic N) is 2. The maximum Gasteiger partial charge on any atom is 0.207 e. The third kappa shape index (κ3) is 3.84. The lowest BCUT2D eigenvalue weighted by Crippen LogP contribution is -2.10. The molecule has 0 aliphatic rings. The summed E-state index contributed by atoms with van der Waals surface area (Å²) in [6.07, 6.45) is 4.76. The van der Waals surface area contributed by atoms with E-state index in [2.05, 4.69) is 49.9 Å². The third-order valence-electron chi connectivity index (χ3n) is 3.01. The number of benzene rings is 1. The Hall–Kier alpha value is -1.33. The number of hydrogen-bond donors (Lipinski definition) is 1. The SMILES string of the molecule is CCOCCCNc1nccn1-c1ccc(Br)cc1C. The van der Waals surface area contributed by atoms with Crippen molar-refractivity contribution in [3.63, 3.8) is 0 Å². The Bertz CT molecular complexity index is 554. The van der Waals surface area contributed by atoms with Gasteiger partial charge in [0.2, 0.25) is 5.95 Å². The van der Waals surface area contributed by atoms with Gasteiger partial charge in [0.1, 0.15) is 0 Å². The molecule has 0 radical (unpaired) electrons. The van der Waals surface area contributed by atoms with Gasteiger partial charge in [-0.25, -0.2) is 4.98 Å². The van der Waals surface area contributed by atoms with Gasteiger partial charge in [-0.1, -0.05) is 15.9 Å². The smallest absolute Gasteiger partial charge is 0.207 e. The standard InChI is InChI=1S/C15H20BrN3O/c1-3-20-10-4-7-17-15-18-8-9-19(15)14-6-5-13(16)11-12(14)2/h5-6,8-9,11H,3-4,7,10H2,1-2H3,(H,17,18). The lowest BCUT2D eigenvalue weighted by atomic mass is 10.2. The van der Waals surface area contributed by atoms with Crippen molar-refractivity contribution < 1.29 is 4.74 Å². The van der Waals surface area contributed by atoms with Crippen LogP contribution in [0.5, 0.6) is 0 Å². The molecular weight excluding hydrogens is 318 g/mol. The van der Waals surface area contributed by atoms with Crippen molar-refractivity contribution >= 4 is 21.9 Å². The zero-order chi connectivity index (χ0) is 14.4. The van der Waals surface area contributed by atoms with Crippen LogP contribution in [0.4, 0.5) is 5.95 Å². The van der Waals surface area contributed by atoms with Crippen molar-refractivity contribution in [3.8, 4) is 5.69 Å². The Morgan fingerprint density at radius 3 is 3.00 bits per heavy atom. The fourth-order valence-electron chi connectivity index (χ4n) is 2.04. The van der Waals surface area contributed by atoms with Gasteiger partial charge in [-0.3, -0.25) is 4.57 Å². The van der Waals surface area contributed by atoms with Gasteiger partial charge in [-0.15, -0.1) is 0 Å². The summed E-state index contributed by atoms with van der Waals surface area (Å²) < 4.78 is 8.49. The Balaban J connectivity index is 2.04. The fourth-order valence-corrected chi connectivity index (χ4v) is 2.51. The van der Waals surface area contributed by atoms with Gasteiger partial charge in [0.05, 0.1) is 5.69 Å². The van der Waals surface area contributed by atoms with Crippen LogP contribution in [0.25, 0.3) is 5.69 Å². The van der Waals surface area contributed by atoms with Gasteiger partial charge in [0.15, 0.2) is 0 Å². The molecule has 2 rings (SSSR count). The van der Waals surface area contributed by atoms with E-state index in [1.807, 2.05) is 25.4 Å². The van der Waals surface area contributed by atoms with Crippen LogP contribution in [0.3, 0.4) is 0 Å². The number of nitrogens with one attached hydrogen (secondary N) is 1. The molecule has 1 heterocycles. The number of imidazole rings is 1. The monoisotopic (exact) mass is 337 g/mol. The topological polar surface area (TPSA) is 39.1 Å². The van der Waals surface area contributed by atoms with Crippen LogP contribution in [0.15, 0.2) is 35.1 Å².